The van der Waals surface area contributed by atoms with E-state index in [4.69, 9.17) is 10.5 Å². The summed E-state index contributed by atoms with van der Waals surface area (Å²) in [5.41, 5.74) is 9.36. The third-order valence-corrected chi connectivity index (χ3v) is 4.94. The van der Waals surface area contributed by atoms with E-state index in [0.717, 1.165) is 19.6 Å². The molecule has 0 saturated carbocycles. The van der Waals surface area contributed by atoms with Gasteiger partial charge >= 0.3 is 6.09 Å². The average molecular weight is 368 g/mol. The minimum Gasteiger partial charge on any atom is -0.409 e. The van der Waals surface area contributed by atoms with Crippen LogP contribution in [0.3, 0.4) is 0 Å². The van der Waals surface area contributed by atoms with E-state index in [1.807, 2.05) is 0 Å². The second-order valence-corrected chi connectivity index (χ2v) is 6.76. The molecule has 1 aliphatic rings. The van der Waals surface area contributed by atoms with Gasteiger partial charge in [0.05, 0.1) is 11.8 Å². The third-order valence-electron chi connectivity index (χ3n) is 4.94. The van der Waals surface area contributed by atoms with Gasteiger partial charge in [-0.2, -0.15) is 0 Å². The van der Waals surface area contributed by atoms with E-state index in [0.29, 0.717) is 13.1 Å². The molecule has 142 valence electrons. The van der Waals surface area contributed by atoms with Gasteiger partial charge in [0.25, 0.3) is 0 Å². The van der Waals surface area contributed by atoms with Gasteiger partial charge in [-0.3, -0.25) is 14.7 Å². The molecule has 0 aliphatic carbocycles. The number of nitrogens with zero attached hydrogens (tertiary/aromatic N) is 3. The molecule has 2 N–H and O–H groups in total. The molecule has 0 radical (unpaired) electrons. The van der Waals surface area contributed by atoms with Gasteiger partial charge in [-0.15, -0.1) is 0 Å². The van der Waals surface area contributed by atoms with Gasteiger partial charge in [-0.25, -0.2) is 4.79 Å². The van der Waals surface area contributed by atoms with Crippen molar-refractivity contribution in [1.82, 2.24) is 14.8 Å². The maximum Gasteiger partial charge on any atom is 0.415 e. The second-order valence-electron chi connectivity index (χ2n) is 6.76. The molecule has 2 heterocycles. The van der Waals surface area contributed by atoms with Crippen LogP contribution in [-0.2, 0) is 6.54 Å². The van der Waals surface area contributed by atoms with Crippen LogP contribution in [-0.4, -0.2) is 53.0 Å². The zero-order valence-corrected chi connectivity index (χ0v) is 15.6. The summed E-state index contributed by atoms with van der Waals surface area (Å²) in [6.07, 6.45) is 2.29. The molecule has 1 aromatic heterocycles. The Morgan fingerprint density at radius 2 is 1.89 bits per heavy atom. The fraction of sp³-hybridized carbons (Fsp3) is 0.350. The fourth-order valence-corrected chi connectivity index (χ4v) is 3.09. The minimum atomic E-state index is -0.611. The highest BCUT2D eigenvalue weighted by molar-refractivity contribution is 5.92. The van der Waals surface area contributed by atoms with Crippen LogP contribution in [0.2, 0.25) is 0 Å². The van der Waals surface area contributed by atoms with Crippen molar-refractivity contribution in [2.24, 2.45) is 5.73 Å². The number of amides is 2. The molecule has 1 saturated heterocycles. The molecular weight excluding hydrogens is 344 g/mol. The third kappa shape index (κ3) is 4.62. The lowest BCUT2D eigenvalue weighted by molar-refractivity contribution is 0.0995. The predicted octanol–water partition coefficient (Wildman–Crippen LogP) is 2.11. The molecule has 0 spiro atoms. The van der Waals surface area contributed by atoms with Gasteiger partial charge < -0.3 is 15.4 Å². The van der Waals surface area contributed by atoms with Crippen LogP contribution in [0.1, 0.15) is 27.0 Å². The monoisotopic (exact) mass is 368 g/mol. The highest BCUT2D eigenvalue weighted by atomic mass is 16.6. The molecule has 0 bridgehead atoms. The highest BCUT2D eigenvalue weighted by Crippen LogP contribution is 2.17. The van der Waals surface area contributed by atoms with Crippen LogP contribution in [0, 0.1) is 13.8 Å². The smallest absolute Gasteiger partial charge is 0.409 e. The van der Waals surface area contributed by atoms with Crippen molar-refractivity contribution < 1.29 is 14.3 Å². The zero-order valence-electron chi connectivity index (χ0n) is 15.6. The van der Waals surface area contributed by atoms with Crippen LogP contribution in [0.15, 0.2) is 36.7 Å². The van der Waals surface area contributed by atoms with Gasteiger partial charge in [0, 0.05) is 38.9 Å². The number of carbonyl (C=O) groups is 2. The van der Waals surface area contributed by atoms with Crippen LogP contribution in [0.5, 0.6) is 5.75 Å². The molecule has 7 heteroatoms. The second kappa shape index (κ2) is 8.18. The summed E-state index contributed by atoms with van der Waals surface area (Å²) in [4.78, 5) is 31.4. The van der Waals surface area contributed by atoms with Gasteiger partial charge in [0.1, 0.15) is 0 Å². The first-order chi connectivity index (χ1) is 12.9. The Labute approximate surface area is 158 Å². The quantitative estimate of drug-likeness (QED) is 0.893. The summed E-state index contributed by atoms with van der Waals surface area (Å²) >= 11 is 0. The average Bonchev–Trinajstić information content (AvgIpc) is 2.66. The van der Waals surface area contributed by atoms with Crippen LogP contribution >= 0.6 is 0 Å². The lowest BCUT2D eigenvalue weighted by Gasteiger charge is -2.34. The number of pyridine rings is 1. The number of primary amides is 1. The molecule has 2 aromatic rings. The van der Waals surface area contributed by atoms with Crippen molar-refractivity contribution in [3.05, 3.63) is 58.9 Å². The summed E-state index contributed by atoms with van der Waals surface area (Å²) in [6.45, 7) is 7.88. The first kappa shape index (κ1) is 18.8. The van der Waals surface area contributed by atoms with E-state index < -0.39 is 12.0 Å². The molecule has 0 unspecified atom stereocenters. The minimum absolute atomic E-state index is 0.207. The van der Waals surface area contributed by atoms with Crippen molar-refractivity contribution in [2.45, 2.75) is 20.4 Å². The van der Waals surface area contributed by atoms with Gasteiger partial charge in [0.2, 0.25) is 5.91 Å². The summed E-state index contributed by atoms with van der Waals surface area (Å²) in [7, 11) is 0. The molecule has 3 rings (SSSR count). The number of nitrogens with two attached hydrogens (primary N) is 1. The normalized spacial score (nSPS) is 14.8. The topological polar surface area (TPSA) is 88.8 Å². The SMILES string of the molecule is Cc1cccc(CN2CCN(C(=O)Oc3cncc(C(N)=O)c3)CC2)c1C. The van der Waals surface area contributed by atoms with Crippen LogP contribution in [0.25, 0.3) is 0 Å². The molecule has 7 nitrogen and oxygen atoms in total. The molecule has 2 amide bonds. The summed E-state index contributed by atoms with van der Waals surface area (Å²) in [6, 6.07) is 7.78. The number of benzene rings is 1. The number of rotatable bonds is 4. The number of hydrogen-bond acceptors (Lipinski definition) is 5. The largest absolute Gasteiger partial charge is 0.415 e. The Kier molecular flexibility index (Phi) is 5.71. The molecular formula is C20H24N4O3. The Hall–Kier alpha value is -2.93. The van der Waals surface area contributed by atoms with Crippen molar-refractivity contribution in [1.29, 1.82) is 0 Å². The van der Waals surface area contributed by atoms with Crippen molar-refractivity contribution >= 4 is 12.0 Å². The van der Waals surface area contributed by atoms with Crippen molar-refractivity contribution in [2.75, 3.05) is 26.2 Å². The van der Waals surface area contributed by atoms with Crippen molar-refractivity contribution in [3.63, 3.8) is 0 Å². The maximum atomic E-state index is 12.4. The number of aromatic nitrogens is 1. The first-order valence-corrected chi connectivity index (χ1v) is 8.93. The summed E-state index contributed by atoms with van der Waals surface area (Å²) in [5, 5.41) is 0. The number of piperazine rings is 1. The Bertz CT molecular complexity index is 845. The highest BCUT2D eigenvalue weighted by Gasteiger charge is 2.23. The standard InChI is InChI=1S/C20H24N4O3/c1-14-4-3-5-16(15(14)2)13-23-6-8-24(9-7-23)20(26)27-18-10-17(19(21)25)11-22-12-18/h3-5,10-12H,6-9,13H2,1-2H3,(H2,21,25). The number of hydrogen-bond donors (Lipinski definition) is 1. The zero-order chi connectivity index (χ0) is 19.4. The maximum absolute atomic E-state index is 12.4. The lowest BCUT2D eigenvalue weighted by atomic mass is 10.0. The van der Waals surface area contributed by atoms with Gasteiger partial charge in [0.15, 0.2) is 5.75 Å². The van der Waals surface area contributed by atoms with Crippen molar-refractivity contribution in [3.8, 4) is 5.75 Å². The van der Waals surface area contributed by atoms with E-state index in [-0.39, 0.29) is 11.3 Å². The summed E-state index contributed by atoms with van der Waals surface area (Å²) < 4.78 is 5.33. The van der Waals surface area contributed by atoms with Crippen LogP contribution < -0.4 is 10.5 Å². The lowest BCUT2D eigenvalue weighted by Crippen LogP contribution is -2.49. The van der Waals surface area contributed by atoms with E-state index in [2.05, 4.69) is 41.9 Å². The molecule has 1 fully saturated rings. The Balaban J connectivity index is 1.54. The van der Waals surface area contributed by atoms with E-state index in [1.165, 1.54) is 35.2 Å². The first-order valence-electron chi connectivity index (χ1n) is 8.93. The Morgan fingerprint density at radius 3 is 2.59 bits per heavy atom. The number of aryl methyl sites for hydroxylation is 1. The number of ether oxygens (including phenoxy) is 1. The molecule has 0 atom stereocenters. The molecule has 27 heavy (non-hydrogen) atoms. The number of carbonyl (C=O) groups excluding carboxylic acids is 2. The van der Waals surface area contributed by atoms with E-state index in [1.54, 1.807) is 4.90 Å². The fourth-order valence-electron chi connectivity index (χ4n) is 3.09. The van der Waals surface area contributed by atoms with E-state index >= 15 is 0 Å². The van der Waals surface area contributed by atoms with Crippen LogP contribution in [0.4, 0.5) is 4.79 Å². The van der Waals surface area contributed by atoms with E-state index in [9.17, 15) is 9.59 Å². The Morgan fingerprint density at radius 1 is 1.15 bits per heavy atom. The molecule has 1 aromatic carbocycles. The van der Waals surface area contributed by atoms with Gasteiger partial charge in [-0.05, 0) is 36.6 Å². The predicted molar refractivity (Wildman–Crippen MR) is 102 cm³/mol. The summed E-state index contributed by atoms with van der Waals surface area (Å²) in [5.74, 6) is -0.394. The van der Waals surface area contributed by atoms with Gasteiger partial charge in [-0.1, -0.05) is 18.2 Å². The molecule has 1 aliphatic heterocycles.